The van der Waals surface area contributed by atoms with Gasteiger partial charge >= 0.3 is 0 Å². The van der Waals surface area contributed by atoms with Crippen LogP contribution in [0.5, 0.6) is 11.5 Å². The molecule has 3 atom stereocenters. The third-order valence-electron chi connectivity index (χ3n) is 7.63. The Morgan fingerprint density at radius 3 is 2.53 bits per heavy atom. The Bertz CT molecular complexity index is 1030. The van der Waals surface area contributed by atoms with Gasteiger partial charge in [-0.05, 0) is 54.5 Å². The number of likely N-dealkylation sites (tertiary alicyclic amines) is 1. The van der Waals surface area contributed by atoms with E-state index in [1.54, 1.807) is 20.3 Å². The molecule has 0 radical (unpaired) electrons. The second-order valence-electron chi connectivity index (χ2n) is 9.94. The second kappa shape index (κ2) is 10.2. The van der Waals surface area contributed by atoms with Gasteiger partial charge in [-0.2, -0.15) is 0 Å². The van der Waals surface area contributed by atoms with Gasteiger partial charge in [0, 0.05) is 30.2 Å². The van der Waals surface area contributed by atoms with Crippen molar-refractivity contribution in [3.8, 4) is 11.5 Å². The normalized spacial score (nSPS) is 24.8. The van der Waals surface area contributed by atoms with Crippen molar-refractivity contribution >= 4 is 12.0 Å². The number of fused-ring (bicyclic) bond motifs is 1. The monoisotopic (exact) mass is 463 g/mol. The Morgan fingerprint density at radius 2 is 1.85 bits per heavy atom. The van der Waals surface area contributed by atoms with Gasteiger partial charge in [-0.25, -0.2) is 0 Å². The quantitative estimate of drug-likeness (QED) is 0.556. The number of carbonyl (C=O) groups excluding carboxylic acids is 1. The molecule has 1 heterocycles. The van der Waals surface area contributed by atoms with E-state index in [0.717, 1.165) is 36.8 Å². The van der Waals surface area contributed by atoms with Gasteiger partial charge in [0.1, 0.15) is 11.5 Å². The van der Waals surface area contributed by atoms with Crippen LogP contribution in [0.15, 0.2) is 48.5 Å². The Hall–Kier alpha value is -2.79. The lowest BCUT2D eigenvalue weighted by atomic mass is 9.66. The lowest BCUT2D eigenvalue weighted by molar-refractivity contribution is -0.151. The maximum absolute atomic E-state index is 13.5. The topological polar surface area (TPSA) is 59.0 Å². The SMILES string of the molecule is COc1ccc(C2C3CCCCC3(O)CCN2C(=O)C=Cc2ccc(C(C)C)cc2)c(OC)c1. The van der Waals surface area contributed by atoms with Crippen molar-refractivity contribution in [3.05, 3.63) is 65.2 Å². The number of hydrogen-bond acceptors (Lipinski definition) is 4. The molecule has 1 aliphatic carbocycles. The van der Waals surface area contributed by atoms with Gasteiger partial charge in [0.25, 0.3) is 0 Å². The van der Waals surface area contributed by atoms with E-state index in [-0.39, 0.29) is 17.9 Å². The predicted molar refractivity (Wildman–Crippen MR) is 135 cm³/mol. The van der Waals surface area contributed by atoms with Gasteiger partial charge < -0.3 is 19.5 Å². The largest absolute Gasteiger partial charge is 0.497 e. The molecule has 0 spiro atoms. The van der Waals surface area contributed by atoms with Crippen molar-refractivity contribution < 1.29 is 19.4 Å². The minimum absolute atomic E-state index is 0.0278. The van der Waals surface area contributed by atoms with Crippen LogP contribution in [0.4, 0.5) is 0 Å². The third kappa shape index (κ3) is 4.85. The Labute approximate surface area is 203 Å². The summed E-state index contributed by atoms with van der Waals surface area (Å²) in [6, 6.07) is 13.8. The molecule has 1 aliphatic heterocycles. The number of rotatable bonds is 6. The lowest BCUT2D eigenvalue weighted by Crippen LogP contribution is -2.56. The Kier molecular flexibility index (Phi) is 7.32. The van der Waals surface area contributed by atoms with Crippen molar-refractivity contribution in [1.29, 1.82) is 0 Å². The molecule has 2 fully saturated rings. The fourth-order valence-corrected chi connectivity index (χ4v) is 5.63. The molecule has 5 heteroatoms. The molecule has 5 nitrogen and oxygen atoms in total. The summed E-state index contributed by atoms with van der Waals surface area (Å²) in [5, 5.41) is 11.5. The summed E-state index contributed by atoms with van der Waals surface area (Å²) in [7, 11) is 3.27. The summed E-state index contributed by atoms with van der Waals surface area (Å²) in [5.41, 5.74) is 2.46. The van der Waals surface area contributed by atoms with Crippen molar-refractivity contribution in [2.45, 2.75) is 63.5 Å². The van der Waals surface area contributed by atoms with Crippen LogP contribution in [-0.2, 0) is 4.79 Å². The fourth-order valence-electron chi connectivity index (χ4n) is 5.63. The lowest BCUT2D eigenvalue weighted by Gasteiger charge is -2.52. The summed E-state index contributed by atoms with van der Waals surface area (Å²) < 4.78 is 11.1. The van der Waals surface area contributed by atoms with Crippen molar-refractivity contribution in [3.63, 3.8) is 0 Å². The molecule has 2 aliphatic rings. The fraction of sp³-hybridized carbons (Fsp3) is 0.483. The number of piperidine rings is 1. The molecule has 182 valence electrons. The maximum atomic E-state index is 13.5. The Morgan fingerprint density at radius 1 is 1.09 bits per heavy atom. The van der Waals surface area contributed by atoms with Crippen LogP contribution in [0.2, 0.25) is 0 Å². The summed E-state index contributed by atoms with van der Waals surface area (Å²) in [5.74, 6) is 1.80. The maximum Gasteiger partial charge on any atom is 0.247 e. The van der Waals surface area contributed by atoms with Gasteiger partial charge in [-0.1, -0.05) is 51.0 Å². The number of hydrogen-bond donors (Lipinski definition) is 1. The molecule has 1 saturated carbocycles. The van der Waals surface area contributed by atoms with E-state index in [4.69, 9.17) is 9.47 Å². The van der Waals surface area contributed by atoms with Gasteiger partial charge in [0.2, 0.25) is 5.91 Å². The molecule has 1 saturated heterocycles. The minimum Gasteiger partial charge on any atom is -0.497 e. The molecule has 4 rings (SSSR count). The van der Waals surface area contributed by atoms with Crippen molar-refractivity contribution in [1.82, 2.24) is 4.90 Å². The summed E-state index contributed by atoms with van der Waals surface area (Å²) in [6.07, 6.45) is 7.92. The molecule has 0 aromatic heterocycles. The first-order valence-electron chi connectivity index (χ1n) is 12.4. The van der Waals surface area contributed by atoms with E-state index in [9.17, 15) is 9.90 Å². The highest BCUT2D eigenvalue weighted by atomic mass is 16.5. The highest BCUT2D eigenvalue weighted by Crippen LogP contribution is 2.51. The number of amides is 1. The highest BCUT2D eigenvalue weighted by Gasteiger charge is 2.50. The standard InChI is InChI=1S/C29H37NO4/c1-20(2)22-11-8-21(9-12-22)10-15-27(31)30-18-17-29(32)16-6-5-7-25(29)28(30)24-14-13-23(33-3)19-26(24)34-4/h8-15,19-20,25,28,32H,5-7,16-18H2,1-4H3. The van der Waals surface area contributed by atoms with Gasteiger partial charge in [0.05, 0.1) is 25.9 Å². The van der Waals surface area contributed by atoms with E-state index in [2.05, 4.69) is 38.1 Å². The number of methoxy groups -OCH3 is 2. The van der Waals surface area contributed by atoms with Crippen LogP contribution in [0.1, 0.15) is 74.6 Å². The zero-order chi connectivity index (χ0) is 24.3. The summed E-state index contributed by atoms with van der Waals surface area (Å²) in [4.78, 5) is 15.4. The van der Waals surface area contributed by atoms with Crippen molar-refractivity contribution in [2.24, 2.45) is 5.92 Å². The van der Waals surface area contributed by atoms with E-state index >= 15 is 0 Å². The Balaban J connectivity index is 1.66. The molecule has 0 bridgehead atoms. The van der Waals surface area contributed by atoms with Gasteiger partial charge in [0.15, 0.2) is 0 Å². The summed E-state index contributed by atoms with van der Waals surface area (Å²) >= 11 is 0. The van der Waals surface area contributed by atoms with Crippen LogP contribution in [0.3, 0.4) is 0 Å². The van der Waals surface area contributed by atoms with E-state index in [0.29, 0.717) is 30.4 Å². The second-order valence-corrected chi connectivity index (χ2v) is 9.94. The van der Waals surface area contributed by atoms with E-state index < -0.39 is 5.60 Å². The first-order chi connectivity index (χ1) is 16.4. The molecule has 1 amide bonds. The molecule has 2 aromatic carbocycles. The summed E-state index contributed by atoms with van der Waals surface area (Å²) in [6.45, 7) is 4.86. The third-order valence-corrected chi connectivity index (χ3v) is 7.63. The van der Waals surface area contributed by atoms with Crippen LogP contribution in [-0.4, -0.2) is 42.3 Å². The average Bonchev–Trinajstić information content (AvgIpc) is 2.86. The van der Waals surface area contributed by atoms with Gasteiger partial charge in [-0.15, -0.1) is 0 Å². The van der Waals surface area contributed by atoms with Crippen LogP contribution in [0.25, 0.3) is 6.08 Å². The van der Waals surface area contributed by atoms with Crippen LogP contribution in [0, 0.1) is 5.92 Å². The molecular formula is C29H37NO4. The minimum atomic E-state index is -0.749. The smallest absolute Gasteiger partial charge is 0.247 e. The predicted octanol–water partition coefficient (Wildman–Crippen LogP) is 5.74. The van der Waals surface area contributed by atoms with Crippen LogP contribution < -0.4 is 9.47 Å². The van der Waals surface area contributed by atoms with E-state index in [1.807, 2.05) is 29.2 Å². The molecular weight excluding hydrogens is 426 g/mol. The van der Waals surface area contributed by atoms with Crippen LogP contribution >= 0.6 is 0 Å². The average molecular weight is 464 g/mol. The zero-order valence-electron chi connectivity index (χ0n) is 20.8. The molecule has 1 N–H and O–H groups in total. The van der Waals surface area contributed by atoms with Crippen molar-refractivity contribution in [2.75, 3.05) is 20.8 Å². The number of carbonyl (C=O) groups is 1. The van der Waals surface area contributed by atoms with Gasteiger partial charge in [-0.3, -0.25) is 4.79 Å². The molecule has 3 unspecified atom stereocenters. The number of ether oxygens (including phenoxy) is 2. The van der Waals surface area contributed by atoms with E-state index in [1.165, 1.54) is 5.56 Å². The molecule has 2 aromatic rings. The highest BCUT2D eigenvalue weighted by molar-refractivity contribution is 5.92. The number of benzene rings is 2. The molecule has 34 heavy (non-hydrogen) atoms. The number of nitrogens with zero attached hydrogens (tertiary/aromatic N) is 1. The first-order valence-corrected chi connectivity index (χ1v) is 12.4. The zero-order valence-corrected chi connectivity index (χ0v) is 20.8. The first kappa shape index (κ1) is 24.3. The number of aliphatic hydroxyl groups is 1.